The minimum atomic E-state index is -0.733. The summed E-state index contributed by atoms with van der Waals surface area (Å²) in [4.78, 5) is 0. The number of nitrogens with one attached hydrogen (secondary N) is 1. The molecule has 0 aromatic heterocycles. The molecule has 0 saturated carbocycles. The molecule has 9 heavy (non-hydrogen) atoms. The average molecular weight is 147 g/mol. The van der Waals surface area contributed by atoms with Gasteiger partial charge in [-0.3, -0.25) is 0 Å². The van der Waals surface area contributed by atoms with Gasteiger partial charge in [0, 0.05) is 11.8 Å². The van der Waals surface area contributed by atoms with Gasteiger partial charge in [-0.05, 0) is 12.8 Å². The first kappa shape index (κ1) is 7.22. The van der Waals surface area contributed by atoms with Crippen LogP contribution in [-0.4, -0.2) is 16.0 Å². The molecule has 0 amide bonds. The zero-order valence-electron chi connectivity index (χ0n) is 5.89. The molecule has 1 saturated heterocycles. The van der Waals surface area contributed by atoms with Gasteiger partial charge in [-0.1, -0.05) is 13.3 Å². The second kappa shape index (κ2) is 2.80. The molecular weight excluding hydrogens is 134 g/mol. The summed E-state index contributed by atoms with van der Waals surface area (Å²) in [5.74, 6) is 1.48. The van der Waals surface area contributed by atoms with Crippen LogP contribution in [-0.2, 0) is 11.0 Å². The van der Waals surface area contributed by atoms with Gasteiger partial charge >= 0.3 is 0 Å². The van der Waals surface area contributed by atoms with Gasteiger partial charge in [-0.2, -0.15) is 0 Å². The zero-order valence-corrected chi connectivity index (χ0v) is 6.70. The molecule has 3 unspecified atom stereocenters. The quantitative estimate of drug-likeness (QED) is 0.580. The topological polar surface area (TPSA) is 29.1 Å². The summed E-state index contributed by atoms with van der Waals surface area (Å²) in [5.41, 5.74) is 0. The minimum Gasteiger partial charge on any atom is -0.243 e. The molecule has 1 fully saturated rings. The molecule has 54 valence electrons. The number of hydrogen-bond acceptors (Lipinski definition) is 1. The van der Waals surface area contributed by atoms with E-state index in [1.807, 2.05) is 0 Å². The van der Waals surface area contributed by atoms with Gasteiger partial charge in [-0.25, -0.2) is 8.93 Å². The molecule has 0 aromatic rings. The summed E-state index contributed by atoms with van der Waals surface area (Å²) in [6.45, 7) is 4.24. The highest BCUT2D eigenvalue weighted by atomic mass is 32.2. The zero-order chi connectivity index (χ0) is 6.85. The largest absolute Gasteiger partial charge is 0.243 e. The summed E-state index contributed by atoms with van der Waals surface area (Å²) in [5, 5.41) is 0. The fourth-order valence-corrected chi connectivity index (χ4v) is 2.78. The summed E-state index contributed by atoms with van der Waals surface area (Å²) in [7, 11) is -0.733. The standard InChI is InChI=1S/C6H13NOS/c1-3-6-4-9(8)7-5(6)2/h5-7H,3-4H2,1-2H3. The van der Waals surface area contributed by atoms with Crippen molar-refractivity contribution in [1.82, 2.24) is 4.72 Å². The van der Waals surface area contributed by atoms with Crippen molar-refractivity contribution in [2.75, 3.05) is 5.75 Å². The molecule has 1 N–H and O–H groups in total. The minimum absolute atomic E-state index is 0.454. The first-order chi connectivity index (χ1) is 4.24. The van der Waals surface area contributed by atoms with Crippen molar-refractivity contribution in [3.05, 3.63) is 0 Å². The second-order valence-corrected chi connectivity index (χ2v) is 3.85. The Labute approximate surface area is 58.6 Å². The fourth-order valence-electron chi connectivity index (χ4n) is 1.16. The molecule has 2 nitrogen and oxygen atoms in total. The maximum absolute atomic E-state index is 10.8. The van der Waals surface area contributed by atoms with Gasteiger partial charge in [0.05, 0.1) is 11.0 Å². The highest BCUT2D eigenvalue weighted by Gasteiger charge is 2.25. The Morgan fingerprint density at radius 3 is 2.67 bits per heavy atom. The molecule has 0 radical (unpaired) electrons. The van der Waals surface area contributed by atoms with Crippen LogP contribution in [0.4, 0.5) is 0 Å². The van der Waals surface area contributed by atoms with E-state index in [0.29, 0.717) is 12.0 Å². The first-order valence-corrected chi connectivity index (χ1v) is 4.70. The van der Waals surface area contributed by atoms with E-state index in [4.69, 9.17) is 0 Å². The monoisotopic (exact) mass is 147 g/mol. The fraction of sp³-hybridized carbons (Fsp3) is 1.00. The third-order valence-corrected chi connectivity index (χ3v) is 3.28. The van der Waals surface area contributed by atoms with E-state index in [2.05, 4.69) is 18.6 Å². The molecule has 0 aliphatic carbocycles. The molecule has 0 bridgehead atoms. The summed E-state index contributed by atoms with van der Waals surface area (Å²) in [6.07, 6.45) is 1.14. The SMILES string of the molecule is CCC1CS(=O)NC1C. The highest BCUT2D eigenvalue weighted by molar-refractivity contribution is 7.83. The molecule has 1 rings (SSSR count). The van der Waals surface area contributed by atoms with Gasteiger partial charge in [0.2, 0.25) is 0 Å². The molecule has 1 aliphatic heterocycles. The lowest BCUT2D eigenvalue weighted by Gasteiger charge is -2.08. The maximum atomic E-state index is 10.8. The van der Waals surface area contributed by atoms with E-state index < -0.39 is 11.0 Å². The molecule has 1 heterocycles. The molecule has 0 spiro atoms. The normalized spacial score (nSPS) is 43.6. The Hall–Kier alpha value is 0.110. The van der Waals surface area contributed by atoms with E-state index in [0.717, 1.165) is 12.2 Å². The van der Waals surface area contributed by atoms with Crippen molar-refractivity contribution in [3.63, 3.8) is 0 Å². The van der Waals surface area contributed by atoms with Crippen LogP contribution in [0.1, 0.15) is 20.3 Å². The summed E-state index contributed by atoms with van der Waals surface area (Å²) in [6, 6.07) is 0.454. The summed E-state index contributed by atoms with van der Waals surface area (Å²) >= 11 is 0. The smallest absolute Gasteiger partial charge is 0.0921 e. The molecule has 1 aliphatic rings. The molecule has 3 atom stereocenters. The van der Waals surface area contributed by atoms with Crippen LogP contribution in [0.2, 0.25) is 0 Å². The van der Waals surface area contributed by atoms with Crippen molar-refractivity contribution < 1.29 is 4.21 Å². The van der Waals surface area contributed by atoms with Crippen LogP contribution in [0.15, 0.2) is 0 Å². The highest BCUT2D eigenvalue weighted by Crippen LogP contribution is 2.15. The van der Waals surface area contributed by atoms with Crippen LogP contribution < -0.4 is 4.72 Å². The van der Waals surface area contributed by atoms with E-state index >= 15 is 0 Å². The van der Waals surface area contributed by atoms with Crippen molar-refractivity contribution >= 4 is 11.0 Å². The predicted molar refractivity (Wildman–Crippen MR) is 39.4 cm³/mol. The third-order valence-electron chi connectivity index (χ3n) is 1.91. The Morgan fingerprint density at radius 2 is 2.44 bits per heavy atom. The Balaban J connectivity index is 2.47. The molecular formula is C6H13NOS. The maximum Gasteiger partial charge on any atom is 0.0921 e. The van der Waals surface area contributed by atoms with E-state index in [9.17, 15) is 4.21 Å². The van der Waals surface area contributed by atoms with E-state index in [1.54, 1.807) is 0 Å². The lowest BCUT2D eigenvalue weighted by atomic mass is 10.0. The van der Waals surface area contributed by atoms with E-state index in [-0.39, 0.29) is 0 Å². The molecule has 3 heteroatoms. The van der Waals surface area contributed by atoms with Crippen molar-refractivity contribution in [2.45, 2.75) is 26.3 Å². The third kappa shape index (κ3) is 1.52. The summed E-state index contributed by atoms with van der Waals surface area (Å²) < 4.78 is 13.8. The van der Waals surface area contributed by atoms with Gasteiger partial charge < -0.3 is 0 Å². The lowest BCUT2D eigenvalue weighted by Crippen LogP contribution is -2.22. The Bertz CT molecular complexity index is 126. The van der Waals surface area contributed by atoms with Gasteiger partial charge in [-0.15, -0.1) is 0 Å². The Kier molecular flexibility index (Phi) is 2.24. The van der Waals surface area contributed by atoms with Crippen molar-refractivity contribution in [1.29, 1.82) is 0 Å². The molecule has 0 aromatic carbocycles. The lowest BCUT2D eigenvalue weighted by molar-refractivity contribution is 0.481. The van der Waals surface area contributed by atoms with Gasteiger partial charge in [0.15, 0.2) is 0 Å². The average Bonchev–Trinajstić information content (AvgIpc) is 2.10. The Morgan fingerprint density at radius 1 is 1.78 bits per heavy atom. The van der Waals surface area contributed by atoms with Crippen LogP contribution >= 0.6 is 0 Å². The number of hydrogen-bond donors (Lipinski definition) is 1. The van der Waals surface area contributed by atoms with Gasteiger partial charge in [0.1, 0.15) is 0 Å². The van der Waals surface area contributed by atoms with Crippen LogP contribution in [0.3, 0.4) is 0 Å². The number of rotatable bonds is 1. The van der Waals surface area contributed by atoms with Crippen LogP contribution in [0.5, 0.6) is 0 Å². The first-order valence-electron chi connectivity index (χ1n) is 3.38. The van der Waals surface area contributed by atoms with Crippen LogP contribution in [0, 0.1) is 5.92 Å². The van der Waals surface area contributed by atoms with Crippen LogP contribution in [0.25, 0.3) is 0 Å². The van der Waals surface area contributed by atoms with Gasteiger partial charge in [0.25, 0.3) is 0 Å². The second-order valence-electron chi connectivity index (χ2n) is 2.59. The predicted octanol–water partition coefficient (Wildman–Crippen LogP) is 0.668. The van der Waals surface area contributed by atoms with Crippen molar-refractivity contribution in [2.24, 2.45) is 5.92 Å². The van der Waals surface area contributed by atoms with E-state index in [1.165, 1.54) is 0 Å². The van der Waals surface area contributed by atoms with Crippen molar-refractivity contribution in [3.8, 4) is 0 Å².